The van der Waals surface area contributed by atoms with E-state index in [0.29, 0.717) is 19.6 Å². The third-order valence-corrected chi connectivity index (χ3v) is 3.15. The highest BCUT2D eigenvalue weighted by Gasteiger charge is 2.03. The van der Waals surface area contributed by atoms with E-state index in [9.17, 15) is 8.42 Å². The maximum absolute atomic E-state index is 10.9. The van der Waals surface area contributed by atoms with Crippen LogP contribution in [0.5, 0.6) is 5.75 Å². The maximum atomic E-state index is 10.9. The van der Waals surface area contributed by atoms with Gasteiger partial charge in [0.25, 0.3) is 0 Å². The second-order valence-electron chi connectivity index (χ2n) is 4.16. The Kier molecular flexibility index (Phi) is 5.58. The van der Waals surface area contributed by atoms with Gasteiger partial charge in [-0.25, -0.2) is 13.1 Å². The first-order chi connectivity index (χ1) is 8.42. The standard InChI is InChI=1S/C12H20N2O3S/c1-10-4-5-12(17-2)11(8-10)9-13-6-7-14-18(3,15)16/h4-5,8,13-14H,6-7,9H2,1-3H3. The Hall–Kier alpha value is -1.11. The summed E-state index contributed by atoms with van der Waals surface area (Å²) in [5.74, 6) is 0.837. The lowest BCUT2D eigenvalue weighted by Gasteiger charge is -2.10. The first-order valence-corrected chi connectivity index (χ1v) is 7.60. The van der Waals surface area contributed by atoms with Crippen LogP contribution in [-0.2, 0) is 16.6 Å². The monoisotopic (exact) mass is 272 g/mol. The predicted octanol–water partition coefficient (Wildman–Crippen LogP) is 0.642. The smallest absolute Gasteiger partial charge is 0.208 e. The number of nitrogens with one attached hydrogen (secondary N) is 2. The third-order valence-electron chi connectivity index (χ3n) is 2.42. The van der Waals surface area contributed by atoms with Crippen molar-refractivity contribution in [1.82, 2.24) is 10.0 Å². The van der Waals surface area contributed by atoms with Gasteiger partial charge in [0.15, 0.2) is 0 Å². The average molecular weight is 272 g/mol. The summed E-state index contributed by atoms with van der Waals surface area (Å²) < 4.78 is 29.4. The van der Waals surface area contributed by atoms with Gasteiger partial charge in [0.1, 0.15) is 5.75 Å². The molecule has 0 unspecified atom stereocenters. The number of hydrogen-bond donors (Lipinski definition) is 2. The summed E-state index contributed by atoms with van der Waals surface area (Å²) in [7, 11) is -1.47. The fourth-order valence-electron chi connectivity index (χ4n) is 1.59. The molecule has 0 heterocycles. The van der Waals surface area contributed by atoms with Gasteiger partial charge in [0.05, 0.1) is 13.4 Å². The molecule has 0 bridgehead atoms. The van der Waals surface area contributed by atoms with Gasteiger partial charge in [0, 0.05) is 25.2 Å². The van der Waals surface area contributed by atoms with E-state index in [4.69, 9.17) is 4.74 Å². The third kappa shape index (κ3) is 5.48. The highest BCUT2D eigenvalue weighted by molar-refractivity contribution is 7.88. The van der Waals surface area contributed by atoms with Gasteiger partial charge in [0.2, 0.25) is 10.0 Å². The number of methoxy groups -OCH3 is 1. The highest BCUT2D eigenvalue weighted by atomic mass is 32.2. The lowest BCUT2D eigenvalue weighted by atomic mass is 10.1. The minimum atomic E-state index is -3.10. The molecule has 0 radical (unpaired) electrons. The summed E-state index contributed by atoms with van der Waals surface area (Å²) in [6.45, 7) is 3.63. The molecule has 0 spiro atoms. The zero-order valence-electron chi connectivity index (χ0n) is 11.0. The summed E-state index contributed by atoms with van der Waals surface area (Å²) in [4.78, 5) is 0. The number of aryl methyl sites for hydroxylation is 1. The van der Waals surface area contributed by atoms with Crippen molar-refractivity contribution in [3.8, 4) is 5.75 Å². The largest absolute Gasteiger partial charge is 0.496 e. The molecule has 1 aromatic rings. The molecule has 0 aliphatic carbocycles. The van der Waals surface area contributed by atoms with E-state index in [1.807, 2.05) is 19.1 Å². The molecule has 0 aliphatic heterocycles. The van der Waals surface area contributed by atoms with Gasteiger partial charge in [-0.05, 0) is 13.0 Å². The van der Waals surface area contributed by atoms with E-state index in [1.165, 1.54) is 5.56 Å². The number of sulfonamides is 1. The molecule has 0 saturated heterocycles. The normalized spacial score (nSPS) is 11.5. The van der Waals surface area contributed by atoms with Crippen molar-refractivity contribution in [3.63, 3.8) is 0 Å². The van der Waals surface area contributed by atoms with E-state index in [-0.39, 0.29) is 0 Å². The quantitative estimate of drug-likeness (QED) is 0.715. The molecule has 1 aromatic carbocycles. The first kappa shape index (κ1) is 14.9. The van der Waals surface area contributed by atoms with Crippen molar-refractivity contribution < 1.29 is 13.2 Å². The van der Waals surface area contributed by atoms with Gasteiger partial charge in [-0.2, -0.15) is 0 Å². The van der Waals surface area contributed by atoms with Gasteiger partial charge in [-0.3, -0.25) is 0 Å². The Balaban J connectivity index is 2.41. The van der Waals surface area contributed by atoms with Crippen LogP contribution in [0.2, 0.25) is 0 Å². The molecule has 1 rings (SSSR count). The molecular formula is C12H20N2O3S. The van der Waals surface area contributed by atoms with E-state index in [0.717, 1.165) is 17.6 Å². The second kappa shape index (κ2) is 6.72. The molecule has 5 nitrogen and oxygen atoms in total. The molecule has 6 heteroatoms. The zero-order chi connectivity index (χ0) is 13.6. The molecule has 0 atom stereocenters. The molecule has 0 amide bonds. The lowest BCUT2D eigenvalue weighted by Crippen LogP contribution is -2.30. The van der Waals surface area contributed by atoms with Crippen LogP contribution in [0.25, 0.3) is 0 Å². The van der Waals surface area contributed by atoms with E-state index in [2.05, 4.69) is 16.1 Å². The zero-order valence-corrected chi connectivity index (χ0v) is 11.8. The van der Waals surface area contributed by atoms with Gasteiger partial charge in [-0.1, -0.05) is 17.7 Å². The minimum Gasteiger partial charge on any atom is -0.496 e. The van der Waals surface area contributed by atoms with Crippen LogP contribution < -0.4 is 14.8 Å². The van der Waals surface area contributed by atoms with Crippen LogP contribution >= 0.6 is 0 Å². The van der Waals surface area contributed by atoms with E-state index in [1.54, 1.807) is 7.11 Å². The molecule has 102 valence electrons. The second-order valence-corrected chi connectivity index (χ2v) is 5.99. The first-order valence-electron chi connectivity index (χ1n) is 5.71. The molecule has 18 heavy (non-hydrogen) atoms. The predicted molar refractivity (Wildman–Crippen MR) is 72.3 cm³/mol. The van der Waals surface area contributed by atoms with Crippen LogP contribution in [0.3, 0.4) is 0 Å². The Labute approximate surface area is 109 Å². The lowest BCUT2D eigenvalue weighted by molar-refractivity contribution is 0.407. The van der Waals surface area contributed by atoms with E-state index < -0.39 is 10.0 Å². The van der Waals surface area contributed by atoms with Crippen LogP contribution in [0.15, 0.2) is 18.2 Å². The number of benzene rings is 1. The fourth-order valence-corrected chi connectivity index (χ4v) is 2.07. The van der Waals surface area contributed by atoms with E-state index >= 15 is 0 Å². The molecule has 0 saturated carbocycles. The Morgan fingerprint density at radius 3 is 2.61 bits per heavy atom. The van der Waals surface area contributed by atoms with Crippen molar-refractivity contribution in [2.24, 2.45) is 0 Å². The Bertz CT molecular complexity index is 486. The molecule has 0 fully saturated rings. The van der Waals surface area contributed by atoms with Crippen molar-refractivity contribution in [2.75, 3.05) is 26.5 Å². The number of rotatable bonds is 7. The van der Waals surface area contributed by atoms with Crippen molar-refractivity contribution in [3.05, 3.63) is 29.3 Å². The van der Waals surface area contributed by atoms with Crippen molar-refractivity contribution in [2.45, 2.75) is 13.5 Å². The highest BCUT2D eigenvalue weighted by Crippen LogP contribution is 2.19. The Morgan fingerprint density at radius 2 is 2.00 bits per heavy atom. The number of hydrogen-bond acceptors (Lipinski definition) is 4. The van der Waals surface area contributed by atoms with Gasteiger partial charge in [-0.15, -0.1) is 0 Å². The van der Waals surface area contributed by atoms with Crippen molar-refractivity contribution in [1.29, 1.82) is 0 Å². The summed E-state index contributed by atoms with van der Waals surface area (Å²) in [6.07, 6.45) is 1.15. The van der Waals surface area contributed by atoms with Gasteiger partial charge < -0.3 is 10.1 Å². The van der Waals surface area contributed by atoms with Crippen molar-refractivity contribution >= 4 is 10.0 Å². The number of ether oxygens (including phenoxy) is 1. The average Bonchev–Trinajstić information content (AvgIpc) is 2.27. The van der Waals surface area contributed by atoms with Crippen LogP contribution in [0.1, 0.15) is 11.1 Å². The summed E-state index contributed by atoms with van der Waals surface area (Å²) >= 11 is 0. The summed E-state index contributed by atoms with van der Waals surface area (Å²) in [5, 5.41) is 3.17. The topological polar surface area (TPSA) is 67.4 Å². The molecule has 0 aromatic heterocycles. The van der Waals surface area contributed by atoms with Gasteiger partial charge >= 0.3 is 0 Å². The minimum absolute atomic E-state index is 0.382. The summed E-state index contributed by atoms with van der Waals surface area (Å²) in [6, 6.07) is 5.98. The maximum Gasteiger partial charge on any atom is 0.208 e. The van der Waals surface area contributed by atoms with Crippen LogP contribution in [0, 0.1) is 6.92 Å². The van der Waals surface area contributed by atoms with Crippen LogP contribution in [0.4, 0.5) is 0 Å². The van der Waals surface area contributed by atoms with Crippen LogP contribution in [-0.4, -0.2) is 34.9 Å². The SMILES string of the molecule is COc1ccc(C)cc1CNCCNS(C)(=O)=O. The molecular weight excluding hydrogens is 252 g/mol. The fraction of sp³-hybridized carbons (Fsp3) is 0.500. The summed E-state index contributed by atoms with van der Waals surface area (Å²) in [5.41, 5.74) is 2.23. The Morgan fingerprint density at radius 1 is 1.28 bits per heavy atom. The molecule has 0 aliphatic rings. The molecule has 2 N–H and O–H groups in total.